The van der Waals surface area contributed by atoms with Crippen molar-refractivity contribution in [3.63, 3.8) is 0 Å². The molecule has 2 heterocycles. The van der Waals surface area contributed by atoms with Gasteiger partial charge in [0, 0.05) is 44.9 Å². The summed E-state index contributed by atoms with van der Waals surface area (Å²) in [5, 5.41) is 7.64. The Bertz CT molecular complexity index is 598. The summed E-state index contributed by atoms with van der Waals surface area (Å²) in [5.74, 6) is 0.479. The van der Waals surface area contributed by atoms with Crippen LogP contribution in [0.2, 0.25) is 5.15 Å². The van der Waals surface area contributed by atoms with E-state index in [1.54, 1.807) is 17.8 Å². The number of carbonyl (C=O) groups excluding carboxylic acids is 1. The van der Waals surface area contributed by atoms with Crippen LogP contribution in [0.5, 0.6) is 0 Å². The van der Waals surface area contributed by atoms with Crippen LogP contribution in [-0.2, 0) is 16.6 Å². The highest BCUT2D eigenvalue weighted by molar-refractivity contribution is 6.31. The maximum absolute atomic E-state index is 12.0. The molecule has 1 amide bonds. The quantitative estimate of drug-likeness (QED) is 0.792. The van der Waals surface area contributed by atoms with Crippen molar-refractivity contribution in [2.45, 2.75) is 26.9 Å². The third-order valence-corrected chi connectivity index (χ3v) is 4.40. The lowest BCUT2D eigenvalue weighted by atomic mass is 10.2. The summed E-state index contributed by atoms with van der Waals surface area (Å²) in [6.07, 6.45) is 3.23. The molecule has 1 aromatic heterocycles. The number of hydrogen-bond donors (Lipinski definition) is 1. The number of morpholine rings is 1. The number of carbonyl (C=O) groups is 1. The lowest BCUT2D eigenvalue weighted by Gasteiger charge is -2.33. The Morgan fingerprint density at radius 1 is 1.54 bits per heavy atom. The fourth-order valence-corrected chi connectivity index (χ4v) is 3.09. The van der Waals surface area contributed by atoms with Gasteiger partial charge in [0.25, 0.3) is 0 Å². The number of rotatable bonds is 6. The standard InChI is InChI=1S/C17H27ClN4O2/c1-12(2)10-22-7-8-24-14(11-22)9-19-16(23)6-5-15-13(3)20-21(4)17(15)18/h5-6,12,14H,7-11H2,1-4H3,(H,19,23)/b6-5+. The molecule has 0 spiro atoms. The van der Waals surface area contributed by atoms with Crippen molar-refractivity contribution in [3.05, 3.63) is 22.5 Å². The summed E-state index contributed by atoms with van der Waals surface area (Å²) in [6.45, 7) is 10.4. The highest BCUT2D eigenvalue weighted by Crippen LogP contribution is 2.19. The molecule has 1 saturated heterocycles. The third-order valence-electron chi connectivity index (χ3n) is 3.95. The average Bonchev–Trinajstić information content (AvgIpc) is 2.76. The summed E-state index contributed by atoms with van der Waals surface area (Å²) >= 11 is 6.15. The van der Waals surface area contributed by atoms with Crippen molar-refractivity contribution in [1.82, 2.24) is 20.0 Å². The van der Waals surface area contributed by atoms with E-state index in [0.717, 1.165) is 30.9 Å². The van der Waals surface area contributed by atoms with E-state index in [-0.39, 0.29) is 12.0 Å². The molecule has 2 rings (SSSR count). The second-order valence-electron chi connectivity index (χ2n) is 6.64. The average molecular weight is 355 g/mol. The van der Waals surface area contributed by atoms with Gasteiger partial charge < -0.3 is 10.1 Å². The smallest absolute Gasteiger partial charge is 0.244 e. The van der Waals surface area contributed by atoms with Crippen LogP contribution in [0.15, 0.2) is 6.08 Å². The second-order valence-corrected chi connectivity index (χ2v) is 7.00. The number of nitrogens with one attached hydrogen (secondary N) is 1. The summed E-state index contributed by atoms with van der Waals surface area (Å²) in [6, 6.07) is 0. The van der Waals surface area contributed by atoms with Crippen LogP contribution in [0.4, 0.5) is 0 Å². The van der Waals surface area contributed by atoms with Gasteiger partial charge >= 0.3 is 0 Å². The molecular weight excluding hydrogens is 328 g/mol. The Labute approximate surface area is 148 Å². The Morgan fingerprint density at radius 2 is 2.29 bits per heavy atom. The molecule has 7 heteroatoms. The molecule has 1 unspecified atom stereocenters. The van der Waals surface area contributed by atoms with Gasteiger partial charge in [-0.3, -0.25) is 14.4 Å². The molecule has 0 aliphatic carbocycles. The van der Waals surface area contributed by atoms with E-state index in [4.69, 9.17) is 16.3 Å². The number of nitrogens with zero attached hydrogens (tertiary/aromatic N) is 3. The maximum Gasteiger partial charge on any atom is 0.244 e. The summed E-state index contributed by atoms with van der Waals surface area (Å²) < 4.78 is 7.32. The summed E-state index contributed by atoms with van der Waals surface area (Å²) in [5.41, 5.74) is 1.57. The number of halogens is 1. The maximum atomic E-state index is 12.0. The molecule has 0 radical (unpaired) electrons. The lowest BCUT2D eigenvalue weighted by molar-refractivity contribution is -0.117. The van der Waals surface area contributed by atoms with Crippen molar-refractivity contribution >= 4 is 23.6 Å². The molecular formula is C17H27ClN4O2. The molecule has 6 nitrogen and oxygen atoms in total. The van der Waals surface area contributed by atoms with Gasteiger partial charge in [0.1, 0.15) is 5.15 Å². The molecule has 1 fully saturated rings. The minimum absolute atomic E-state index is 0.0403. The first-order valence-electron chi connectivity index (χ1n) is 8.35. The van der Waals surface area contributed by atoms with E-state index in [1.165, 1.54) is 6.08 Å². The molecule has 24 heavy (non-hydrogen) atoms. The van der Waals surface area contributed by atoms with Crippen molar-refractivity contribution in [2.24, 2.45) is 13.0 Å². The van der Waals surface area contributed by atoms with Crippen LogP contribution >= 0.6 is 11.6 Å². The van der Waals surface area contributed by atoms with Gasteiger partial charge in [-0.25, -0.2) is 0 Å². The molecule has 1 aliphatic heterocycles. The third kappa shape index (κ3) is 5.33. The zero-order valence-electron chi connectivity index (χ0n) is 14.9. The van der Waals surface area contributed by atoms with E-state index in [0.29, 0.717) is 24.2 Å². The molecule has 0 aromatic carbocycles. The number of aromatic nitrogens is 2. The number of amides is 1. The van der Waals surface area contributed by atoms with Gasteiger partial charge in [-0.1, -0.05) is 25.4 Å². The van der Waals surface area contributed by atoms with Crippen molar-refractivity contribution in [2.75, 3.05) is 32.8 Å². The largest absolute Gasteiger partial charge is 0.374 e. The van der Waals surface area contributed by atoms with Crippen LogP contribution in [0, 0.1) is 12.8 Å². The highest BCUT2D eigenvalue weighted by atomic mass is 35.5. The van der Waals surface area contributed by atoms with Crippen LogP contribution in [0.25, 0.3) is 6.08 Å². The van der Waals surface area contributed by atoms with Crippen LogP contribution in [0.1, 0.15) is 25.1 Å². The minimum atomic E-state index is -0.154. The van der Waals surface area contributed by atoms with Gasteiger partial charge in [-0.05, 0) is 18.9 Å². The van der Waals surface area contributed by atoms with E-state index in [2.05, 4.69) is 29.2 Å². The minimum Gasteiger partial charge on any atom is -0.374 e. The fraction of sp³-hybridized carbons (Fsp3) is 0.647. The number of hydrogen-bond acceptors (Lipinski definition) is 4. The normalized spacial score (nSPS) is 19.3. The van der Waals surface area contributed by atoms with Gasteiger partial charge in [-0.15, -0.1) is 0 Å². The Balaban J connectivity index is 1.81. The second kappa shape index (κ2) is 8.65. The van der Waals surface area contributed by atoms with Crippen molar-refractivity contribution in [3.8, 4) is 0 Å². The zero-order chi connectivity index (χ0) is 17.7. The summed E-state index contributed by atoms with van der Waals surface area (Å²) in [7, 11) is 1.77. The lowest BCUT2D eigenvalue weighted by Crippen LogP contribution is -2.48. The molecule has 134 valence electrons. The van der Waals surface area contributed by atoms with Crippen LogP contribution < -0.4 is 5.32 Å². The molecule has 1 atom stereocenters. The van der Waals surface area contributed by atoms with E-state index in [9.17, 15) is 4.79 Å². The first kappa shape index (κ1) is 19.0. The first-order valence-corrected chi connectivity index (χ1v) is 8.73. The fourth-order valence-electron chi connectivity index (χ4n) is 2.85. The van der Waals surface area contributed by atoms with Crippen LogP contribution in [0.3, 0.4) is 0 Å². The van der Waals surface area contributed by atoms with E-state index in [1.807, 2.05) is 6.92 Å². The topological polar surface area (TPSA) is 59.4 Å². The van der Waals surface area contributed by atoms with Gasteiger partial charge in [0.15, 0.2) is 0 Å². The van der Waals surface area contributed by atoms with Gasteiger partial charge in [0.05, 0.1) is 18.4 Å². The Morgan fingerprint density at radius 3 is 2.92 bits per heavy atom. The Hall–Kier alpha value is -1.37. The van der Waals surface area contributed by atoms with E-state index < -0.39 is 0 Å². The molecule has 0 saturated carbocycles. The monoisotopic (exact) mass is 354 g/mol. The molecule has 1 aromatic rings. The van der Waals surface area contributed by atoms with Gasteiger partial charge in [0.2, 0.25) is 5.91 Å². The van der Waals surface area contributed by atoms with Crippen LogP contribution in [-0.4, -0.2) is 59.5 Å². The van der Waals surface area contributed by atoms with Crippen molar-refractivity contribution in [1.29, 1.82) is 0 Å². The summed E-state index contributed by atoms with van der Waals surface area (Å²) in [4.78, 5) is 14.4. The number of ether oxygens (including phenoxy) is 1. The zero-order valence-corrected chi connectivity index (χ0v) is 15.6. The Kier molecular flexibility index (Phi) is 6.83. The highest BCUT2D eigenvalue weighted by Gasteiger charge is 2.21. The number of aryl methyl sites for hydroxylation is 2. The van der Waals surface area contributed by atoms with Gasteiger partial charge in [-0.2, -0.15) is 5.10 Å². The molecule has 1 aliphatic rings. The predicted octanol–water partition coefficient (Wildman–Crippen LogP) is 1.87. The first-order chi connectivity index (χ1) is 11.4. The molecule has 0 bridgehead atoms. The molecule has 1 N–H and O–H groups in total. The van der Waals surface area contributed by atoms with Crippen molar-refractivity contribution < 1.29 is 9.53 Å². The SMILES string of the molecule is Cc1nn(C)c(Cl)c1/C=C/C(=O)NCC1CN(CC(C)C)CCO1. The predicted molar refractivity (Wildman–Crippen MR) is 96.0 cm³/mol. The van der Waals surface area contributed by atoms with E-state index >= 15 is 0 Å².